The zero-order valence-electron chi connectivity index (χ0n) is 16.7. The van der Waals surface area contributed by atoms with Crippen LogP contribution in [0.25, 0.3) is 10.9 Å². The Morgan fingerprint density at radius 1 is 1.18 bits per heavy atom. The maximum absolute atomic E-state index is 13.1. The molecule has 0 amide bonds. The Hall–Kier alpha value is -5.21. The van der Waals surface area contributed by atoms with E-state index >= 15 is 0 Å². The van der Waals surface area contributed by atoms with Gasteiger partial charge < -0.3 is 9.67 Å². The van der Waals surface area contributed by atoms with Crippen molar-refractivity contribution in [2.45, 2.75) is 0 Å². The lowest BCUT2D eigenvalue weighted by molar-refractivity contribution is -0.393. The zero-order valence-corrected chi connectivity index (χ0v) is 16.7. The minimum absolute atomic E-state index is 0.185. The number of aromatic nitrogens is 5. The van der Waals surface area contributed by atoms with E-state index in [1.54, 1.807) is 24.3 Å². The Morgan fingerprint density at radius 3 is 2.61 bits per heavy atom. The number of hydrogen-bond acceptors (Lipinski definition) is 11. The Labute approximate surface area is 182 Å². The van der Waals surface area contributed by atoms with Gasteiger partial charge in [-0.3, -0.25) is 30.4 Å². The molecule has 0 aliphatic rings. The lowest BCUT2D eigenvalue weighted by atomic mass is 10.1. The van der Waals surface area contributed by atoms with Crippen LogP contribution >= 0.6 is 0 Å². The van der Waals surface area contributed by atoms with E-state index in [1.165, 1.54) is 11.6 Å². The van der Waals surface area contributed by atoms with Crippen molar-refractivity contribution in [1.29, 1.82) is 0 Å². The van der Waals surface area contributed by atoms with Gasteiger partial charge in [0.05, 0.1) is 21.4 Å². The highest BCUT2D eigenvalue weighted by Crippen LogP contribution is 2.30. The molecule has 0 aliphatic heterocycles. The number of aromatic hydroxyl groups is 1. The highest BCUT2D eigenvalue weighted by atomic mass is 16.6. The number of rotatable bonds is 6. The van der Waals surface area contributed by atoms with E-state index in [4.69, 9.17) is 0 Å². The maximum atomic E-state index is 13.1. The number of hydrazone groups is 1. The van der Waals surface area contributed by atoms with E-state index < -0.39 is 32.5 Å². The number of aromatic amines is 1. The van der Waals surface area contributed by atoms with Crippen molar-refractivity contribution in [3.05, 3.63) is 84.4 Å². The summed E-state index contributed by atoms with van der Waals surface area (Å²) in [6.45, 7) is 0. The van der Waals surface area contributed by atoms with Gasteiger partial charge in [-0.1, -0.05) is 12.1 Å². The lowest BCUT2D eigenvalue weighted by Gasteiger charge is -2.12. The number of H-pyrrole nitrogens is 1. The third-order valence-corrected chi connectivity index (χ3v) is 4.75. The average molecular weight is 451 g/mol. The molecule has 166 valence electrons. The summed E-state index contributed by atoms with van der Waals surface area (Å²) < 4.78 is 1.29. The fourth-order valence-corrected chi connectivity index (χ4v) is 3.17. The number of fused-ring (bicyclic) bond motifs is 1. The third kappa shape index (κ3) is 3.69. The molecule has 0 fully saturated rings. The first kappa shape index (κ1) is 21.0. The molecule has 0 saturated heterocycles. The zero-order chi connectivity index (χ0) is 23.7. The number of anilines is 1. The molecular weight excluding hydrogens is 438 g/mol. The minimum Gasteiger partial charge on any atom is -0.506 e. The van der Waals surface area contributed by atoms with Gasteiger partial charge in [-0.2, -0.15) is 10.3 Å². The number of para-hydroxylation sites is 1. The monoisotopic (exact) mass is 451 g/mol. The molecule has 2 heterocycles. The van der Waals surface area contributed by atoms with E-state index in [0.29, 0.717) is 10.9 Å². The highest BCUT2D eigenvalue weighted by Gasteiger charge is 2.25. The Kier molecular flexibility index (Phi) is 5.19. The van der Waals surface area contributed by atoms with Crippen molar-refractivity contribution in [2.24, 2.45) is 12.1 Å². The Balaban J connectivity index is 1.91. The van der Waals surface area contributed by atoms with Crippen molar-refractivity contribution < 1.29 is 15.0 Å². The van der Waals surface area contributed by atoms with Crippen LogP contribution in [0.3, 0.4) is 0 Å². The predicted molar refractivity (Wildman–Crippen MR) is 114 cm³/mol. The molecule has 0 bridgehead atoms. The van der Waals surface area contributed by atoms with Crippen LogP contribution in [0.4, 0.5) is 17.1 Å². The number of tetrazole rings is 1. The molecule has 33 heavy (non-hydrogen) atoms. The van der Waals surface area contributed by atoms with Gasteiger partial charge in [-0.05, 0) is 23.4 Å². The van der Waals surface area contributed by atoms with Crippen molar-refractivity contribution in [3.8, 4) is 5.75 Å². The molecule has 0 atom stereocenters. The summed E-state index contributed by atoms with van der Waals surface area (Å²) in [4.78, 5) is 33.8. The summed E-state index contributed by atoms with van der Waals surface area (Å²) in [7, 11) is 1.50. The van der Waals surface area contributed by atoms with Gasteiger partial charge in [0, 0.05) is 18.5 Å². The summed E-state index contributed by atoms with van der Waals surface area (Å²) >= 11 is 0. The number of aryl methyl sites for hydroxylation is 1. The van der Waals surface area contributed by atoms with E-state index in [-0.39, 0.29) is 22.8 Å². The van der Waals surface area contributed by atoms with Crippen LogP contribution in [0.1, 0.15) is 11.4 Å². The molecule has 15 heteroatoms. The van der Waals surface area contributed by atoms with Crippen LogP contribution in [0.15, 0.2) is 52.4 Å². The summed E-state index contributed by atoms with van der Waals surface area (Å²) in [5.74, 6) is -0.591. The van der Waals surface area contributed by atoms with Gasteiger partial charge in [0.1, 0.15) is 22.7 Å². The van der Waals surface area contributed by atoms with Gasteiger partial charge in [0.15, 0.2) is 0 Å². The third-order valence-electron chi connectivity index (χ3n) is 4.75. The number of nitro benzene ring substituents is 2. The van der Waals surface area contributed by atoms with E-state index in [0.717, 1.165) is 18.2 Å². The first-order valence-corrected chi connectivity index (χ1v) is 9.11. The number of non-ortho nitro benzene ring substituents is 1. The Morgan fingerprint density at radius 2 is 1.94 bits per heavy atom. The molecule has 0 radical (unpaired) electrons. The number of pyridine rings is 1. The number of nitrogens with zero attached hydrogens (tertiary/aromatic N) is 7. The van der Waals surface area contributed by atoms with E-state index in [2.05, 4.69) is 31.2 Å². The minimum atomic E-state index is -0.828. The maximum Gasteiger partial charge on any atom is 0.301 e. The van der Waals surface area contributed by atoms with Crippen LogP contribution in [-0.2, 0) is 7.05 Å². The molecule has 0 saturated carbocycles. The molecule has 4 rings (SSSR count). The van der Waals surface area contributed by atoms with Crippen LogP contribution in [-0.4, -0.2) is 45.9 Å². The quantitative estimate of drug-likeness (QED) is 0.218. The van der Waals surface area contributed by atoms with Gasteiger partial charge in [0.25, 0.3) is 11.2 Å². The fourth-order valence-electron chi connectivity index (χ4n) is 3.17. The molecule has 3 N–H and O–H groups in total. The standard InChI is InChI=1S/C18H13N9O6/c1-25-12-5-3-2-4-10(12)16(28)14(18(25)29)15(17-21-23-24-22-17)20-19-11-7-6-9(26(30)31)8-13(11)27(32)33/h2-8,19,28H,1H3,(H,21,22,23,24)/b20-15+. The van der Waals surface area contributed by atoms with Gasteiger partial charge in [0.2, 0.25) is 5.82 Å². The average Bonchev–Trinajstić information content (AvgIpc) is 3.34. The summed E-state index contributed by atoms with van der Waals surface area (Å²) in [5, 5.41) is 50.8. The predicted octanol–water partition coefficient (Wildman–Crippen LogP) is 1.44. The topological polar surface area (TPSA) is 207 Å². The van der Waals surface area contributed by atoms with E-state index in [9.17, 15) is 30.1 Å². The number of nitro groups is 2. The van der Waals surface area contributed by atoms with Crippen molar-refractivity contribution in [1.82, 2.24) is 25.2 Å². The second kappa shape index (κ2) is 8.14. The van der Waals surface area contributed by atoms with Crippen LogP contribution in [0, 0.1) is 20.2 Å². The summed E-state index contributed by atoms with van der Waals surface area (Å²) in [6, 6.07) is 9.50. The molecule has 4 aromatic rings. The number of nitrogens with one attached hydrogen (secondary N) is 2. The second-order valence-electron chi connectivity index (χ2n) is 6.63. The SMILES string of the molecule is Cn1c(=O)c(/C(=N\Nc2ccc([N+](=O)[O-])cc2[N+](=O)[O-])c2nn[nH]n2)c(O)c2ccccc21. The van der Waals surface area contributed by atoms with Crippen molar-refractivity contribution in [2.75, 3.05) is 5.43 Å². The number of hydrogen-bond donors (Lipinski definition) is 3. The molecule has 0 unspecified atom stereocenters. The number of benzene rings is 2. The first-order chi connectivity index (χ1) is 15.8. The van der Waals surface area contributed by atoms with Gasteiger partial charge >= 0.3 is 5.69 Å². The normalized spacial score (nSPS) is 11.5. The molecule has 15 nitrogen and oxygen atoms in total. The fraction of sp³-hybridized carbons (Fsp3) is 0.0556. The van der Waals surface area contributed by atoms with Gasteiger partial charge in [-0.25, -0.2) is 0 Å². The first-order valence-electron chi connectivity index (χ1n) is 9.11. The van der Waals surface area contributed by atoms with Crippen molar-refractivity contribution in [3.63, 3.8) is 0 Å². The summed E-state index contributed by atoms with van der Waals surface area (Å²) in [6.07, 6.45) is 0. The summed E-state index contributed by atoms with van der Waals surface area (Å²) in [5.41, 5.74) is 0.352. The molecule has 2 aromatic heterocycles. The van der Waals surface area contributed by atoms with E-state index in [1.807, 2.05) is 0 Å². The second-order valence-corrected chi connectivity index (χ2v) is 6.63. The van der Waals surface area contributed by atoms with Crippen LogP contribution < -0.4 is 11.0 Å². The van der Waals surface area contributed by atoms with Crippen molar-refractivity contribution >= 4 is 33.7 Å². The lowest BCUT2D eigenvalue weighted by Crippen LogP contribution is -2.27. The molecule has 0 aliphatic carbocycles. The molecule has 0 spiro atoms. The van der Waals surface area contributed by atoms with Crippen LogP contribution in [0.5, 0.6) is 5.75 Å². The smallest absolute Gasteiger partial charge is 0.301 e. The molecule has 2 aromatic carbocycles. The van der Waals surface area contributed by atoms with Gasteiger partial charge in [-0.15, -0.1) is 10.2 Å². The highest BCUT2D eigenvalue weighted by molar-refractivity contribution is 6.14. The van der Waals surface area contributed by atoms with Crippen LogP contribution in [0.2, 0.25) is 0 Å². The largest absolute Gasteiger partial charge is 0.506 e. The Bertz CT molecular complexity index is 1490. The molecular formula is C18H13N9O6.